The molecule has 4 nitrogen and oxygen atoms in total. The molecule has 0 aliphatic carbocycles. The summed E-state index contributed by atoms with van der Waals surface area (Å²) < 4.78 is 0. The average Bonchev–Trinajstić information content (AvgIpc) is 2.78. The van der Waals surface area contributed by atoms with E-state index in [2.05, 4.69) is 34.2 Å². The van der Waals surface area contributed by atoms with Crippen LogP contribution in [0.5, 0.6) is 0 Å². The molecule has 0 unspecified atom stereocenters. The number of hydrogen-bond acceptors (Lipinski definition) is 5. The second kappa shape index (κ2) is 5.82. The van der Waals surface area contributed by atoms with Crippen molar-refractivity contribution in [3.8, 4) is 0 Å². The minimum Gasteiger partial charge on any atom is -0.399 e. The molecule has 0 atom stereocenters. The van der Waals surface area contributed by atoms with Crippen LogP contribution >= 0.6 is 11.3 Å². The summed E-state index contributed by atoms with van der Waals surface area (Å²) in [6.45, 7) is 5.99. The zero-order valence-electron chi connectivity index (χ0n) is 10.8. The summed E-state index contributed by atoms with van der Waals surface area (Å²) in [5.41, 5.74) is 7.74. The number of nitrogens with two attached hydrogens (primary N) is 1. The Morgan fingerprint density at radius 1 is 1.22 bits per heavy atom. The maximum absolute atomic E-state index is 5.70. The molecule has 1 aromatic carbocycles. The van der Waals surface area contributed by atoms with Gasteiger partial charge >= 0.3 is 0 Å². The van der Waals surface area contributed by atoms with E-state index in [1.54, 1.807) is 11.3 Å². The molecule has 5 heteroatoms. The molecule has 18 heavy (non-hydrogen) atoms. The second-order valence-electron chi connectivity index (χ2n) is 4.27. The maximum Gasteiger partial charge on any atom is 0.208 e. The molecule has 0 saturated carbocycles. The molecule has 0 aliphatic heterocycles. The van der Waals surface area contributed by atoms with E-state index in [-0.39, 0.29) is 0 Å². The minimum absolute atomic E-state index is 0.799. The van der Waals surface area contributed by atoms with Crippen molar-refractivity contribution in [3.05, 3.63) is 34.8 Å². The van der Waals surface area contributed by atoms with Crippen molar-refractivity contribution in [2.24, 2.45) is 0 Å². The molecule has 0 saturated heterocycles. The monoisotopic (exact) mass is 262 g/mol. The van der Waals surface area contributed by atoms with E-state index in [1.165, 1.54) is 5.56 Å². The highest BCUT2D eigenvalue weighted by molar-refractivity contribution is 7.15. The van der Waals surface area contributed by atoms with E-state index < -0.39 is 0 Å². The van der Waals surface area contributed by atoms with Gasteiger partial charge in [0, 0.05) is 18.8 Å². The molecule has 0 amide bonds. The van der Waals surface area contributed by atoms with Gasteiger partial charge in [0.05, 0.1) is 0 Å². The zero-order chi connectivity index (χ0) is 13.0. The molecule has 2 N–H and O–H groups in total. The van der Waals surface area contributed by atoms with Gasteiger partial charge in [0.1, 0.15) is 5.01 Å². The topological polar surface area (TPSA) is 55.0 Å². The first kappa shape index (κ1) is 12.8. The predicted octanol–water partition coefficient (Wildman–Crippen LogP) is 2.85. The fraction of sp³-hybridized carbons (Fsp3) is 0.385. The van der Waals surface area contributed by atoms with E-state index >= 15 is 0 Å². The van der Waals surface area contributed by atoms with Gasteiger partial charge in [0.2, 0.25) is 5.13 Å². The fourth-order valence-corrected chi connectivity index (χ4v) is 2.48. The van der Waals surface area contributed by atoms with Crippen LogP contribution in [0, 0.1) is 6.92 Å². The van der Waals surface area contributed by atoms with Gasteiger partial charge in [0.15, 0.2) is 0 Å². The van der Waals surface area contributed by atoms with Crippen LogP contribution in [-0.2, 0) is 6.54 Å². The van der Waals surface area contributed by atoms with E-state index in [1.807, 2.05) is 19.1 Å². The third-order valence-electron chi connectivity index (χ3n) is 2.63. The highest BCUT2D eigenvalue weighted by atomic mass is 32.1. The van der Waals surface area contributed by atoms with Gasteiger partial charge < -0.3 is 10.6 Å². The molecule has 0 spiro atoms. The van der Waals surface area contributed by atoms with Gasteiger partial charge in [-0.05, 0) is 31.0 Å². The lowest BCUT2D eigenvalue weighted by Crippen LogP contribution is -2.23. The first-order valence-corrected chi connectivity index (χ1v) is 6.90. The lowest BCUT2D eigenvalue weighted by atomic mass is 10.2. The van der Waals surface area contributed by atoms with Crippen molar-refractivity contribution < 1.29 is 0 Å². The number of anilines is 2. The van der Waals surface area contributed by atoms with Crippen molar-refractivity contribution >= 4 is 22.2 Å². The molecule has 1 heterocycles. The molecule has 0 fully saturated rings. The van der Waals surface area contributed by atoms with E-state index in [0.717, 1.165) is 35.3 Å². The third-order valence-corrected chi connectivity index (χ3v) is 3.53. The Morgan fingerprint density at radius 3 is 2.50 bits per heavy atom. The van der Waals surface area contributed by atoms with Crippen molar-refractivity contribution in [1.29, 1.82) is 0 Å². The summed E-state index contributed by atoms with van der Waals surface area (Å²) in [7, 11) is 0. The molecular weight excluding hydrogens is 244 g/mol. The summed E-state index contributed by atoms with van der Waals surface area (Å²) in [4.78, 5) is 2.26. The number of nitrogen functional groups attached to an aromatic ring is 1. The molecule has 96 valence electrons. The Hall–Kier alpha value is -1.62. The number of aryl methyl sites for hydroxylation is 1. The summed E-state index contributed by atoms with van der Waals surface area (Å²) >= 11 is 1.64. The Kier molecular flexibility index (Phi) is 4.15. The van der Waals surface area contributed by atoms with Gasteiger partial charge in [-0.1, -0.05) is 30.4 Å². The van der Waals surface area contributed by atoms with Crippen molar-refractivity contribution in [3.63, 3.8) is 0 Å². The SMILES string of the molecule is CCCN(Cc1ccc(N)cc1)c1nnc(C)s1. The lowest BCUT2D eigenvalue weighted by Gasteiger charge is -2.20. The van der Waals surface area contributed by atoms with Gasteiger partial charge in [-0.2, -0.15) is 0 Å². The molecular formula is C13H18N4S. The highest BCUT2D eigenvalue weighted by Crippen LogP contribution is 2.22. The standard InChI is InChI=1S/C13H18N4S/c1-3-8-17(13-16-15-10(2)18-13)9-11-4-6-12(14)7-5-11/h4-7H,3,8-9,14H2,1-2H3. The summed E-state index contributed by atoms with van der Waals surface area (Å²) in [6.07, 6.45) is 1.09. The number of hydrogen-bond donors (Lipinski definition) is 1. The number of aromatic nitrogens is 2. The summed E-state index contributed by atoms with van der Waals surface area (Å²) in [6, 6.07) is 7.99. The zero-order valence-corrected chi connectivity index (χ0v) is 11.6. The number of benzene rings is 1. The number of nitrogens with zero attached hydrogens (tertiary/aromatic N) is 3. The van der Waals surface area contributed by atoms with Crippen LogP contribution in [0.3, 0.4) is 0 Å². The summed E-state index contributed by atoms with van der Waals surface area (Å²) in [5, 5.41) is 10.3. The quantitative estimate of drug-likeness (QED) is 0.842. The van der Waals surface area contributed by atoms with E-state index in [0.29, 0.717) is 0 Å². The Bertz CT molecular complexity index is 492. The van der Waals surface area contributed by atoms with E-state index in [9.17, 15) is 0 Å². The Balaban J connectivity index is 2.13. The van der Waals surface area contributed by atoms with Gasteiger partial charge in [0.25, 0.3) is 0 Å². The van der Waals surface area contributed by atoms with Crippen LogP contribution in [0.4, 0.5) is 10.8 Å². The highest BCUT2D eigenvalue weighted by Gasteiger charge is 2.11. The van der Waals surface area contributed by atoms with Crippen LogP contribution in [0.1, 0.15) is 23.9 Å². The van der Waals surface area contributed by atoms with Crippen LogP contribution in [-0.4, -0.2) is 16.7 Å². The molecule has 0 bridgehead atoms. The second-order valence-corrected chi connectivity index (χ2v) is 5.43. The first-order valence-electron chi connectivity index (χ1n) is 6.08. The van der Waals surface area contributed by atoms with Crippen LogP contribution < -0.4 is 10.6 Å². The maximum atomic E-state index is 5.70. The average molecular weight is 262 g/mol. The number of rotatable bonds is 5. The Labute approximate surface area is 111 Å². The van der Waals surface area contributed by atoms with E-state index in [4.69, 9.17) is 5.73 Å². The fourth-order valence-electron chi connectivity index (χ4n) is 1.77. The van der Waals surface area contributed by atoms with Crippen LogP contribution in [0.25, 0.3) is 0 Å². The third kappa shape index (κ3) is 3.20. The van der Waals surface area contributed by atoms with Gasteiger partial charge in [-0.3, -0.25) is 0 Å². The smallest absolute Gasteiger partial charge is 0.208 e. The molecule has 2 aromatic rings. The van der Waals surface area contributed by atoms with Gasteiger partial charge in [-0.25, -0.2) is 0 Å². The molecule has 1 aromatic heterocycles. The lowest BCUT2D eigenvalue weighted by molar-refractivity contribution is 0.757. The van der Waals surface area contributed by atoms with Crippen LogP contribution in [0.2, 0.25) is 0 Å². The normalized spacial score (nSPS) is 10.6. The first-order chi connectivity index (χ1) is 8.69. The molecule has 2 rings (SSSR count). The van der Waals surface area contributed by atoms with Crippen molar-refractivity contribution in [2.45, 2.75) is 26.8 Å². The Morgan fingerprint density at radius 2 is 1.94 bits per heavy atom. The van der Waals surface area contributed by atoms with Gasteiger partial charge in [-0.15, -0.1) is 10.2 Å². The van der Waals surface area contributed by atoms with Crippen molar-refractivity contribution in [1.82, 2.24) is 10.2 Å². The molecule has 0 aliphatic rings. The predicted molar refractivity (Wildman–Crippen MR) is 76.8 cm³/mol. The van der Waals surface area contributed by atoms with Crippen LogP contribution in [0.15, 0.2) is 24.3 Å². The summed E-state index contributed by atoms with van der Waals surface area (Å²) in [5.74, 6) is 0. The largest absolute Gasteiger partial charge is 0.399 e. The minimum atomic E-state index is 0.799. The molecule has 0 radical (unpaired) electrons. The van der Waals surface area contributed by atoms with Crippen molar-refractivity contribution in [2.75, 3.05) is 17.2 Å².